The Morgan fingerprint density at radius 3 is 0.385 bits per heavy atom. The van der Waals surface area contributed by atoms with E-state index in [0.717, 1.165) is 0 Å². The maximum atomic E-state index is 7.71. The molecule has 0 saturated heterocycles. The normalized spacial score (nSPS) is 18.6. The Hall–Kier alpha value is 1.89. The first-order valence-electron chi connectivity index (χ1n) is 14.4. The van der Waals surface area contributed by atoms with E-state index in [1.807, 2.05) is 0 Å². The zero-order valence-electron chi connectivity index (χ0n) is 29.9. The molecule has 0 fully saturated rings. The summed E-state index contributed by atoms with van der Waals surface area (Å²) in [6.07, 6.45) is 0. The van der Waals surface area contributed by atoms with Gasteiger partial charge in [-0.05, 0) is 144 Å². The van der Waals surface area contributed by atoms with Crippen LogP contribution in [0.15, 0.2) is 0 Å². The van der Waals surface area contributed by atoms with Crippen molar-refractivity contribution in [3.63, 3.8) is 0 Å². The molecular weight excluding hydrogens is 657 g/mol. The number of hydrogen-bond donors (Lipinski definition) is 0. The summed E-state index contributed by atoms with van der Waals surface area (Å²) < 4.78 is 50.9. The molecular formula is C22H66O7Si10. The summed E-state index contributed by atoms with van der Waals surface area (Å²) in [7, 11) is -24.6. The Bertz CT molecular complexity index is 709. The molecule has 39 heavy (non-hydrogen) atoms. The fraction of sp³-hybridized carbons (Fsp3) is 1.00. The zero-order valence-corrected chi connectivity index (χ0v) is 39.9. The summed E-state index contributed by atoms with van der Waals surface area (Å²) in [5.41, 5.74) is 0. The molecule has 0 rings (SSSR count). The summed E-state index contributed by atoms with van der Waals surface area (Å²) in [6.45, 7) is 49.2. The molecule has 0 aromatic rings. The molecule has 0 amide bonds. The van der Waals surface area contributed by atoms with Gasteiger partial charge in [-0.25, -0.2) is 0 Å². The average molecular weight is 724 g/mol. The predicted molar refractivity (Wildman–Crippen MR) is 194 cm³/mol. The number of rotatable bonds is 16. The summed E-state index contributed by atoms with van der Waals surface area (Å²) in [5.74, 6) is 0. The smallest absolute Gasteiger partial charge is 0.360 e. The molecule has 0 radical (unpaired) electrons. The van der Waals surface area contributed by atoms with Crippen molar-refractivity contribution in [3.05, 3.63) is 0 Å². The third-order valence-corrected chi connectivity index (χ3v) is 52.8. The SMILES string of the molecule is C[Si](C)(C)O[Si](C)(O[Si](C)(C)C)[Si](C)(O[Si](C)(C)C)O[Si](C)(O[Si](C)(C)C)[Si](C)(O[Si](C)(C)C)O[Si](C)(C)C. The van der Waals surface area contributed by atoms with Crippen LogP contribution in [0.3, 0.4) is 0 Å². The molecule has 0 aliphatic carbocycles. The van der Waals surface area contributed by atoms with Gasteiger partial charge < -0.3 is 28.8 Å². The van der Waals surface area contributed by atoms with Gasteiger partial charge in [-0.15, -0.1) is 0 Å². The highest BCUT2D eigenvalue weighted by Crippen LogP contribution is 2.40. The van der Waals surface area contributed by atoms with Gasteiger partial charge >= 0.3 is 32.3 Å². The Labute approximate surface area is 253 Å². The molecule has 0 heterocycles. The quantitative estimate of drug-likeness (QED) is 0.148. The monoisotopic (exact) mass is 722 g/mol. The minimum absolute atomic E-state index is 2.03. The van der Waals surface area contributed by atoms with Crippen LogP contribution in [0.25, 0.3) is 0 Å². The van der Waals surface area contributed by atoms with E-state index in [2.05, 4.69) is 144 Å². The Balaban J connectivity index is 7.60. The molecule has 236 valence electrons. The van der Waals surface area contributed by atoms with Gasteiger partial charge in [0.2, 0.25) is 0 Å². The first-order chi connectivity index (χ1) is 16.4. The van der Waals surface area contributed by atoms with Crippen LogP contribution >= 0.6 is 0 Å². The van der Waals surface area contributed by atoms with Gasteiger partial charge in [-0.2, -0.15) is 0 Å². The summed E-state index contributed by atoms with van der Waals surface area (Å²) >= 11 is 0. The van der Waals surface area contributed by atoms with Gasteiger partial charge in [-0.3, -0.25) is 0 Å². The van der Waals surface area contributed by atoms with E-state index in [9.17, 15) is 0 Å². The van der Waals surface area contributed by atoms with Gasteiger partial charge in [0.05, 0.1) is 0 Å². The maximum absolute atomic E-state index is 7.71. The molecule has 0 aromatic heterocycles. The molecule has 7 nitrogen and oxygen atoms in total. The fourth-order valence-corrected chi connectivity index (χ4v) is 78.1. The molecule has 0 aliphatic heterocycles. The van der Waals surface area contributed by atoms with Crippen molar-refractivity contribution in [2.45, 2.75) is 144 Å². The molecule has 17 heteroatoms. The van der Waals surface area contributed by atoms with Gasteiger partial charge in [0.15, 0.2) is 49.9 Å². The van der Waals surface area contributed by atoms with Gasteiger partial charge in [0.1, 0.15) is 0 Å². The minimum Gasteiger partial charge on any atom is -0.436 e. The summed E-state index contributed by atoms with van der Waals surface area (Å²) in [4.78, 5) is 0. The van der Waals surface area contributed by atoms with Crippen molar-refractivity contribution in [3.8, 4) is 0 Å². The second-order valence-electron chi connectivity index (χ2n) is 17.2. The van der Waals surface area contributed by atoms with Crippen LogP contribution in [-0.2, 0) is 28.8 Å². The molecule has 0 saturated carbocycles. The molecule has 0 aliphatic rings. The van der Waals surface area contributed by atoms with Crippen molar-refractivity contribution in [1.82, 2.24) is 0 Å². The van der Waals surface area contributed by atoms with E-state index in [-0.39, 0.29) is 0 Å². The van der Waals surface area contributed by atoms with Crippen LogP contribution in [0.1, 0.15) is 0 Å². The standard InChI is InChI=1S/C22H66O7Si10/c1-30(2,3)23-36(19,24-31(4,5)6)38(21,27-34(13,14)15)29-39(22,28-35(16,17)18)37(20,25-32(7,8)9)26-33(10,11)12/h1-22H3. The van der Waals surface area contributed by atoms with E-state index in [1.165, 1.54) is 0 Å². The molecule has 0 bridgehead atoms. The average Bonchev–Trinajstić information content (AvgIpc) is 2.41. The van der Waals surface area contributed by atoms with E-state index >= 15 is 0 Å². The molecule has 0 spiro atoms. The fourth-order valence-electron chi connectivity index (χ4n) is 4.70. The molecule has 0 aromatic carbocycles. The molecule has 2 unspecified atom stereocenters. The van der Waals surface area contributed by atoms with Crippen molar-refractivity contribution in [1.29, 1.82) is 0 Å². The topological polar surface area (TPSA) is 64.6 Å². The highest BCUT2D eigenvalue weighted by molar-refractivity contribution is 7.42. The van der Waals surface area contributed by atoms with Crippen molar-refractivity contribution in [2.24, 2.45) is 0 Å². The van der Waals surface area contributed by atoms with Gasteiger partial charge in [0.25, 0.3) is 0 Å². The first kappa shape index (κ1) is 40.9. The predicted octanol–water partition coefficient (Wildman–Crippen LogP) is 8.56. The van der Waals surface area contributed by atoms with Crippen LogP contribution in [0.5, 0.6) is 0 Å². The Kier molecular flexibility index (Phi) is 13.3. The van der Waals surface area contributed by atoms with E-state index < -0.39 is 82.2 Å². The highest BCUT2D eigenvalue weighted by atomic mass is 29.3. The maximum Gasteiger partial charge on any atom is 0.360 e. The van der Waals surface area contributed by atoms with E-state index in [1.54, 1.807) is 0 Å². The lowest BCUT2D eigenvalue weighted by atomic mass is 11.8. The molecule has 0 N–H and O–H groups in total. The largest absolute Gasteiger partial charge is 0.436 e. The van der Waals surface area contributed by atoms with Crippen LogP contribution in [0.4, 0.5) is 0 Å². The van der Waals surface area contributed by atoms with Crippen molar-refractivity contribution < 1.29 is 28.8 Å². The summed E-state index contributed by atoms with van der Waals surface area (Å²) in [6, 6.07) is 0. The van der Waals surface area contributed by atoms with E-state index in [0.29, 0.717) is 0 Å². The minimum atomic E-state index is -3.16. The van der Waals surface area contributed by atoms with Crippen molar-refractivity contribution in [2.75, 3.05) is 0 Å². The Morgan fingerprint density at radius 1 is 0.179 bits per heavy atom. The van der Waals surface area contributed by atoms with Crippen LogP contribution in [0.2, 0.25) is 144 Å². The lowest BCUT2D eigenvalue weighted by molar-refractivity contribution is 0.295. The second kappa shape index (κ2) is 12.7. The van der Waals surface area contributed by atoms with Crippen LogP contribution in [0, 0.1) is 0 Å². The number of hydrogen-bond acceptors (Lipinski definition) is 7. The second-order valence-corrected chi connectivity index (χ2v) is 66.7. The van der Waals surface area contributed by atoms with Gasteiger partial charge in [-0.1, -0.05) is 0 Å². The van der Waals surface area contributed by atoms with E-state index in [4.69, 9.17) is 28.8 Å². The highest BCUT2D eigenvalue weighted by Gasteiger charge is 2.70. The third kappa shape index (κ3) is 15.0. The first-order valence-corrected chi connectivity index (χ1v) is 46.1. The summed E-state index contributed by atoms with van der Waals surface area (Å²) in [5, 5.41) is 0. The van der Waals surface area contributed by atoms with Gasteiger partial charge in [0, 0.05) is 0 Å². The lowest BCUT2D eigenvalue weighted by Crippen LogP contribution is -2.81. The Morgan fingerprint density at radius 2 is 0.282 bits per heavy atom. The zero-order chi connectivity index (χ0) is 31.9. The van der Waals surface area contributed by atoms with Crippen LogP contribution < -0.4 is 0 Å². The molecule has 2 atom stereocenters. The van der Waals surface area contributed by atoms with Crippen molar-refractivity contribution >= 4 is 82.2 Å². The lowest BCUT2D eigenvalue weighted by Gasteiger charge is -2.54. The third-order valence-electron chi connectivity index (χ3n) is 5.05. The van der Waals surface area contributed by atoms with Crippen LogP contribution in [-0.4, -0.2) is 82.2 Å².